The van der Waals surface area contributed by atoms with E-state index in [4.69, 9.17) is 4.74 Å². The molecule has 1 heterocycles. The second-order valence-electron chi connectivity index (χ2n) is 5.56. The number of rotatable bonds is 5. The maximum atomic E-state index is 11.9. The largest absolute Gasteiger partial charge is 0.457 e. The van der Waals surface area contributed by atoms with Crippen molar-refractivity contribution in [1.29, 1.82) is 0 Å². The van der Waals surface area contributed by atoms with Crippen molar-refractivity contribution < 1.29 is 8.95 Å². The molecule has 0 spiro atoms. The molecule has 3 aromatic rings. The quantitative estimate of drug-likeness (QED) is 0.669. The summed E-state index contributed by atoms with van der Waals surface area (Å²) in [5.74, 6) is 1.27. The molecule has 6 heteroatoms. The maximum Gasteiger partial charge on any atom is 0.250 e. The van der Waals surface area contributed by atoms with Crippen molar-refractivity contribution in [2.45, 2.75) is 0 Å². The summed E-state index contributed by atoms with van der Waals surface area (Å²) in [6.45, 7) is 3.79. The second-order valence-corrected chi connectivity index (χ2v) is 5.89. The first-order chi connectivity index (χ1) is 12.6. The Morgan fingerprint density at radius 2 is 1.88 bits per heavy atom. The van der Waals surface area contributed by atoms with Gasteiger partial charge in [0, 0.05) is 30.4 Å². The summed E-state index contributed by atoms with van der Waals surface area (Å²) < 4.78 is 22.2. The van der Waals surface area contributed by atoms with Gasteiger partial charge in [-0.05, 0) is 35.9 Å². The molecule has 5 nitrogen and oxygen atoms in total. The Bertz CT molecular complexity index is 1070. The van der Waals surface area contributed by atoms with E-state index in [1.165, 1.54) is 10.6 Å². The fraction of sp³-hybridized carbons (Fsp3) is 0.0500. The average Bonchev–Trinajstić information content (AvgIpc) is 2.66. The average molecular weight is 364 g/mol. The van der Waals surface area contributed by atoms with Crippen LogP contribution in [0.15, 0.2) is 76.5 Å². The Morgan fingerprint density at radius 1 is 1.12 bits per heavy atom. The third kappa shape index (κ3) is 3.70. The van der Waals surface area contributed by atoms with Crippen molar-refractivity contribution >= 4 is 23.2 Å². The van der Waals surface area contributed by atoms with Gasteiger partial charge in [0.15, 0.2) is 0 Å². The van der Waals surface area contributed by atoms with Crippen LogP contribution in [0.5, 0.6) is 11.5 Å². The first kappa shape index (κ1) is 17.6. The summed E-state index contributed by atoms with van der Waals surface area (Å²) in [5, 5.41) is 0. The van der Waals surface area contributed by atoms with E-state index in [1.54, 1.807) is 37.5 Å². The number of ether oxygens (including phenoxy) is 1. The molecule has 130 valence electrons. The molecule has 26 heavy (non-hydrogen) atoms. The van der Waals surface area contributed by atoms with Crippen LogP contribution in [0.2, 0.25) is 0 Å². The highest BCUT2D eigenvalue weighted by Gasteiger charge is 2.13. The second kappa shape index (κ2) is 7.76. The lowest BCUT2D eigenvalue weighted by atomic mass is 10.00. The fourth-order valence-electron chi connectivity index (χ4n) is 2.57. The molecule has 0 bridgehead atoms. The van der Waals surface area contributed by atoms with E-state index in [1.807, 2.05) is 30.3 Å². The van der Waals surface area contributed by atoms with E-state index in [-0.39, 0.29) is 17.0 Å². The summed E-state index contributed by atoms with van der Waals surface area (Å²) in [4.78, 5) is 11.9. The van der Waals surface area contributed by atoms with Crippen LogP contribution in [-0.4, -0.2) is 8.78 Å². The van der Waals surface area contributed by atoms with Crippen LogP contribution < -0.4 is 10.3 Å². The van der Waals surface area contributed by atoms with Gasteiger partial charge in [0.2, 0.25) is 11.5 Å². The molecule has 2 aromatic carbocycles. The molecule has 0 fully saturated rings. The highest BCUT2D eigenvalue weighted by atomic mass is 32.1. The zero-order chi connectivity index (χ0) is 18.5. The monoisotopic (exact) mass is 364 g/mol. The van der Waals surface area contributed by atoms with Gasteiger partial charge in [-0.3, -0.25) is 4.79 Å². The highest BCUT2D eigenvalue weighted by molar-refractivity contribution is 7.54. The smallest absolute Gasteiger partial charge is 0.250 e. The number of benzene rings is 2. The summed E-state index contributed by atoms with van der Waals surface area (Å²) in [6, 6.07) is 16.1. The Labute approximate surface area is 154 Å². The van der Waals surface area contributed by atoms with Gasteiger partial charge in [0.1, 0.15) is 11.5 Å². The van der Waals surface area contributed by atoms with Gasteiger partial charge in [-0.2, -0.15) is 8.57 Å². The zero-order valence-electron chi connectivity index (χ0n) is 14.1. The number of hydrogen-bond acceptors (Lipinski definition) is 4. The van der Waals surface area contributed by atoms with Crippen LogP contribution >= 0.6 is 0 Å². The minimum atomic E-state index is -0.134. The van der Waals surface area contributed by atoms with Gasteiger partial charge in [-0.15, -0.1) is 0 Å². The van der Waals surface area contributed by atoms with E-state index >= 15 is 0 Å². The minimum absolute atomic E-state index is 0.134. The van der Waals surface area contributed by atoms with Crippen molar-refractivity contribution in [2.75, 3.05) is 0 Å². The van der Waals surface area contributed by atoms with Crippen molar-refractivity contribution in [3.05, 3.63) is 83.3 Å². The maximum absolute atomic E-state index is 11.9. The lowest BCUT2D eigenvalue weighted by Crippen LogP contribution is -2.15. The zero-order valence-corrected chi connectivity index (χ0v) is 14.9. The molecule has 0 amide bonds. The molecule has 0 radical (unpaired) electrons. The summed E-state index contributed by atoms with van der Waals surface area (Å²) in [6.07, 6.45) is 3.34. The Balaban J connectivity index is 2.22. The first-order valence-electron chi connectivity index (χ1n) is 7.83. The Kier molecular flexibility index (Phi) is 5.24. The van der Waals surface area contributed by atoms with Crippen LogP contribution in [0.1, 0.15) is 5.56 Å². The van der Waals surface area contributed by atoms with E-state index in [0.717, 1.165) is 11.1 Å². The van der Waals surface area contributed by atoms with Crippen molar-refractivity contribution in [1.82, 2.24) is 4.57 Å². The number of pyridine rings is 1. The summed E-state index contributed by atoms with van der Waals surface area (Å²) in [7, 11) is 1.68. The van der Waals surface area contributed by atoms with Gasteiger partial charge in [0.25, 0.3) is 5.56 Å². The van der Waals surface area contributed by atoms with Gasteiger partial charge in [-0.25, -0.2) is 0 Å². The lowest BCUT2D eigenvalue weighted by Gasteiger charge is -2.14. The molecule has 1 aromatic heterocycles. The molecule has 0 saturated heterocycles. The number of aromatic nitrogens is 1. The van der Waals surface area contributed by atoms with Crippen LogP contribution in [0.4, 0.5) is 5.69 Å². The Morgan fingerprint density at radius 3 is 2.58 bits per heavy atom. The molecule has 0 unspecified atom stereocenters. The predicted octanol–water partition coefficient (Wildman–Crippen LogP) is 4.52. The Hall–Kier alpha value is -3.25. The molecular formula is C20H16N2O3S. The topological polar surface area (TPSA) is 60.7 Å². The molecule has 0 N–H and O–H groups in total. The molecule has 0 saturated carbocycles. The summed E-state index contributed by atoms with van der Waals surface area (Å²) in [5.41, 5.74) is 2.54. The van der Waals surface area contributed by atoms with Crippen molar-refractivity contribution in [3.8, 4) is 22.6 Å². The third-order valence-corrected chi connectivity index (χ3v) is 4.13. The van der Waals surface area contributed by atoms with Gasteiger partial charge in [-0.1, -0.05) is 30.9 Å². The number of nitrogens with zero attached hydrogens (tertiary/aromatic N) is 2. The van der Waals surface area contributed by atoms with Crippen LogP contribution in [0.25, 0.3) is 17.2 Å². The van der Waals surface area contributed by atoms with Gasteiger partial charge in [0.05, 0.1) is 5.69 Å². The van der Waals surface area contributed by atoms with Crippen molar-refractivity contribution in [2.24, 2.45) is 11.4 Å². The molecule has 0 aliphatic rings. The fourth-order valence-corrected chi connectivity index (χ4v) is 2.77. The highest BCUT2D eigenvalue weighted by Crippen LogP contribution is 2.37. The van der Waals surface area contributed by atoms with E-state index in [2.05, 4.69) is 10.9 Å². The molecule has 0 atom stereocenters. The third-order valence-electron chi connectivity index (χ3n) is 3.85. The predicted molar refractivity (Wildman–Crippen MR) is 104 cm³/mol. The lowest BCUT2D eigenvalue weighted by molar-refractivity contribution is 0.484. The first-order valence-corrected chi connectivity index (χ1v) is 8.52. The number of aryl methyl sites for hydroxylation is 1. The summed E-state index contributed by atoms with van der Waals surface area (Å²) >= 11 is 0.143. The van der Waals surface area contributed by atoms with Crippen LogP contribution in [0, 0.1) is 0 Å². The normalized spacial score (nSPS) is 10.2. The SMILES string of the molecule is C=Cc1cc(=O)n(C)cc1-c1cc(N=S=O)ccc1Oc1ccccc1. The van der Waals surface area contributed by atoms with E-state index in [0.29, 0.717) is 22.7 Å². The van der Waals surface area contributed by atoms with Crippen LogP contribution in [-0.2, 0) is 18.5 Å². The standard InChI is InChI=1S/C20H16N2O3S/c1-3-14-11-20(23)22(2)13-18(14)17-12-15(21-26-24)9-10-19(17)25-16-7-5-4-6-8-16/h3-13H,1H2,2H3. The number of para-hydroxylation sites is 1. The van der Waals surface area contributed by atoms with Gasteiger partial charge >= 0.3 is 0 Å². The van der Waals surface area contributed by atoms with Gasteiger partial charge < -0.3 is 9.30 Å². The molecule has 3 rings (SSSR count). The number of hydrogen-bond donors (Lipinski definition) is 0. The van der Waals surface area contributed by atoms with E-state index in [9.17, 15) is 9.00 Å². The molecule has 0 aliphatic carbocycles. The molecule has 0 aliphatic heterocycles. The van der Waals surface area contributed by atoms with Crippen molar-refractivity contribution in [3.63, 3.8) is 0 Å². The van der Waals surface area contributed by atoms with Crippen LogP contribution in [0.3, 0.4) is 0 Å². The molecular weight excluding hydrogens is 348 g/mol. The minimum Gasteiger partial charge on any atom is -0.457 e. The van der Waals surface area contributed by atoms with E-state index < -0.39 is 0 Å².